The van der Waals surface area contributed by atoms with Crippen molar-refractivity contribution >= 4 is 22.0 Å². The Morgan fingerprint density at radius 2 is 2.00 bits per heavy atom. The zero-order valence-electron chi connectivity index (χ0n) is 8.31. The van der Waals surface area contributed by atoms with Crippen LogP contribution in [0.2, 0.25) is 0 Å². The first kappa shape index (κ1) is 8.92. The van der Waals surface area contributed by atoms with Gasteiger partial charge < -0.3 is 5.32 Å². The smallest absolute Gasteiger partial charge is 0.113 e. The molecule has 0 radical (unpaired) electrons. The summed E-state index contributed by atoms with van der Waals surface area (Å²) in [4.78, 5) is 4.43. The van der Waals surface area contributed by atoms with Gasteiger partial charge in [-0.25, -0.2) is 4.98 Å². The van der Waals surface area contributed by atoms with Gasteiger partial charge in [-0.05, 0) is 25.0 Å². The minimum atomic E-state index is 0.751. The molecule has 0 atom stereocenters. The fraction of sp³-hybridized carbons (Fsp3) is 0.250. The highest BCUT2D eigenvalue weighted by atomic mass is 32.1. The lowest BCUT2D eigenvalue weighted by Gasteiger charge is -2.00. The normalized spacial score (nSPS) is 15.2. The van der Waals surface area contributed by atoms with Crippen LogP contribution in [0.5, 0.6) is 0 Å². The van der Waals surface area contributed by atoms with E-state index in [1.165, 1.54) is 17.8 Å². The number of nitrogens with zero attached hydrogens (tertiary/aromatic N) is 1. The Morgan fingerprint density at radius 1 is 1.20 bits per heavy atom. The molecule has 2 nitrogen and oxygen atoms in total. The first-order valence-electron chi connectivity index (χ1n) is 5.19. The predicted octanol–water partition coefficient (Wildman–Crippen LogP) is 3.76. The third-order valence-electron chi connectivity index (χ3n) is 2.49. The largest absolute Gasteiger partial charge is 0.346 e. The van der Waals surface area contributed by atoms with Crippen LogP contribution in [0.3, 0.4) is 0 Å². The maximum atomic E-state index is 4.43. The van der Waals surface area contributed by atoms with E-state index < -0.39 is 0 Å². The quantitative estimate of drug-likeness (QED) is 0.845. The molecule has 3 heteroatoms. The lowest BCUT2D eigenvalue weighted by Crippen LogP contribution is -1.84. The van der Waals surface area contributed by atoms with Gasteiger partial charge in [0.2, 0.25) is 0 Å². The van der Waals surface area contributed by atoms with E-state index in [1.807, 2.05) is 24.4 Å². The molecule has 1 heterocycles. The molecule has 3 rings (SSSR count). The summed E-state index contributed by atoms with van der Waals surface area (Å²) in [6.07, 6.45) is 4.57. The molecule has 0 amide bonds. The summed E-state index contributed by atoms with van der Waals surface area (Å²) in [5.41, 5.74) is 1.13. The Kier molecular flexibility index (Phi) is 2.18. The molecule has 0 spiro atoms. The lowest BCUT2D eigenvalue weighted by atomic mass is 10.3. The summed E-state index contributed by atoms with van der Waals surface area (Å²) in [5.74, 6) is 0.751. The third kappa shape index (κ3) is 2.02. The van der Waals surface area contributed by atoms with Crippen molar-refractivity contribution < 1.29 is 0 Å². The number of anilines is 2. The van der Waals surface area contributed by atoms with Crippen molar-refractivity contribution in [2.24, 2.45) is 0 Å². The summed E-state index contributed by atoms with van der Waals surface area (Å²) in [6, 6.07) is 10.2. The number of nitrogens with one attached hydrogen (secondary N) is 1. The summed E-state index contributed by atoms with van der Waals surface area (Å²) < 4.78 is 0. The Morgan fingerprint density at radius 3 is 2.73 bits per heavy atom. The zero-order chi connectivity index (χ0) is 10.1. The van der Waals surface area contributed by atoms with Crippen LogP contribution in [-0.2, 0) is 0 Å². The van der Waals surface area contributed by atoms with Crippen LogP contribution in [0.4, 0.5) is 10.7 Å². The van der Waals surface area contributed by atoms with E-state index in [9.17, 15) is 0 Å². The van der Waals surface area contributed by atoms with Gasteiger partial charge in [-0.3, -0.25) is 0 Å². The molecule has 1 aliphatic rings. The molecule has 2 aromatic rings. The van der Waals surface area contributed by atoms with Crippen molar-refractivity contribution in [1.82, 2.24) is 4.98 Å². The van der Waals surface area contributed by atoms with Gasteiger partial charge in [0.1, 0.15) is 5.00 Å². The van der Waals surface area contributed by atoms with Crippen LogP contribution in [0.25, 0.3) is 0 Å². The number of thiazole rings is 1. The highest BCUT2D eigenvalue weighted by molar-refractivity contribution is 7.15. The van der Waals surface area contributed by atoms with E-state index in [1.54, 1.807) is 11.3 Å². The Bertz CT molecular complexity index is 446. The Labute approximate surface area is 93.0 Å². The first-order valence-corrected chi connectivity index (χ1v) is 6.01. The predicted molar refractivity (Wildman–Crippen MR) is 63.8 cm³/mol. The SMILES string of the molecule is c1ccc(Nc2cnc(C3CC3)s2)cc1. The van der Waals surface area contributed by atoms with E-state index in [-0.39, 0.29) is 0 Å². The van der Waals surface area contributed by atoms with Crippen LogP contribution in [-0.4, -0.2) is 4.98 Å². The lowest BCUT2D eigenvalue weighted by molar-refractivity contribution is 1.08. The number of hydrogen-bond donors (Lipinski definition) is 1. The van der Waals surface area contributed by atoms with Gasteiger partial charge in [-0.15, -0.1) is 11.3 Å². The molecule has 0 unspecified atom stereocenters. The van der Waals surface area contributed by atoms with Crippen LogP contribution in [0.1, 0.15) is 23.8 Å². The molecule has 1 aliphatic carbocycles. The van der Waals surface area contributed by atoms with Crippen molar-refractivity contribution in [2.45, 2.75) is 18.8 Å². The van der Waals surface area contributed by atoms with Crippen LogP contribution in [0, 0.1) is 0 Å². The van der Waals surface area contributed by atoms with Gasteiger partial charge >= 0.3 is 0 Å². The molecule has 0 aliphatic heterocycles. The molecule has 1 saturated carbocycles. The second kappa shape index (κ2) is 3.66. The van der Waals surface area contributed by atoms with E-state index in [0.717, 1.165) is 16.6 Å². The maximum Gasteiger partial charge on any atom is 0.113 e. The molecule has 0 bridgehead atoms. The standard InChI is InChI=1S/C12H12N2S/c1-2-4-10(5-3-1)14-11-8-13-12(15-11)9-6-7-9/h1-5,8-9,14H,6-7H2. The molecule has 76 valence electrons. The molecule has 1 fully saturated rings. The van der Waals surface area contributed by atoms with Crippen LogP contribution >= 0.6 is 11.3 Å². The summed E-state index contributed by atoms with van der Waals surface area (Å²) in [6.45, 7) is 0. The van der Waals surface area contributed by atoms with Gasteiger partial charge in [0.25, 0.3) is 0 Å². The zero-order valence-corrected chi connectivity index (χ0v) is 9.13. The molecule has 0 saturated heterocycles. The number of para-hydroxylation sites is 1. The van der Waals surface area contributed by atoms with Gasteiger partial charge in [-0.2, -0.15) is 0 Å². The number of rotatable bonds is 3. The monoisotopic (exact) mass is 216 g/mol. The number of aromatic nitrogens is 1. The van der Waals surface area contributed by atoms with Crippen LogP contribution in [0.15, 0.2) is 36.5 Å². The highest BCUT2D eigenvalue weighted by Crippen LogP contribution is 2.43. The van der Waals surface area contributed by atoms with E-state index in [4.69, 9.17) is 0 Å². The van der Waals surface area contributed by atoms with Crippen molar-refractivity contribution in [2.75, 3.05) is 5.32 Å². The molecular weight excluding hydrogens is 204 g/mol. The second-order valence-electron chi connectivity index (χ2n) is 3.83. The van der Waals surface area contributed by atoms with Crippen molar-refractivity contribution in [3.8, 4) is 0 Å². The van der Waals surface area contributed by atoms with Gasteiger partial charge in [0.05, 0.1) is 11.2 Å². The number of benzene rings is 1. The molecule has 1 aromatic carbocycles. The minimum absolute atomic E-state index is 0.751. The molecule has 15 heavy (non-hydrogen) atoms. The minimum Gasteiger partial charge on any atom is -0.346 e. The molecule has 1 aromatic heterocycles. The van der Waals surface area contributed by atoms with Crippen molar-refractivity contribution in [3.05, 3.63) is 41.5 Å². The van der Waals surface area contributed by atoms with E-state index in [2.05, 4.69) is 22.4 Å². The summed E-state index contributed by atoms with van der Waals surface area (Å²) in [5, 5.41) is 5.79. The fourth-order valence-corrected chi connectivity index (χ4v) is 2.54. The highest BCUT2D eigenvalue weighted by Gasteiger charge is 2.26. The van der Waals surface area contributed by atoms with E-state index in [0.29, 0.717) is 0 Å². The third-order valence-corrected chi connectivity index (χ3v) is 3.57. The Balaban J connectivity index is 1.76. The average molecular weight is 216 g/mol. The fourth-order valence-electron chi connectivity index (χ4n) is 1.53. The molecular formula is C12H12N2S. The topological polar surface area (TPSA) is 24.9 Å². The number of hydrogen-bond acceptors (Lipinski definition) is 3. The van der Waals surface area contributed by atoms with Crippen LogP contribution < -0.4 is 5.32 Å². The van der Waals surface area contributed by atoms with Crippen molar-refractivity contribution in [3.63, 3.8) is 0 Å². The maximum absolute atomic E-state index is 4.43. The van der Waals surface area contributed by atoms with Gasteiger partial charge in [0.15, 0.2) is 0 Å². The van der Waals surface area contributed by atoms with E-state index >= 15 is 0 Å². The van der Waals surface area contributed by atoms with Crippen molar-refractivity contribution in [1.29, 1.82) is 0 Å². The molecule has 1 N–H and O–H groups in total. The van der Waals surface area contributed by atoms with Gasteiger partial charge in [0, 0.05) is 11.6 Å². The first-order chi connectivity index (χ1) is 7.42. The summed E-state index contributed by atoms with van der Waals surface area (Å²) in [7, 11) is 0. The Hall–Kier alpha value is -1.35. The van der Waals surface area contributed by atoms with Gasteiger partial charge in [-0.1, -0.05) is 18.2 Å². The average Bonchev–Trinajstić information content (AvgIpc) is 3.02. The second-order valence-corrected chi connectivity index (χ2v) is 4.89. The summed E-state index contributed by atoms with van der Waals surface area (Å²) >= 11 is 1.78.